The summed E-state index contributed by atoms with van der Waals surface area (Å²) in [6.07, 6.45) is 6.27. The lowest BCUT2D eigenvalue weighted by atomic mass is 9.94. The zero-order chi connectivity index (χ0) is 21.9. The number of piperidine rings is 1. The maximum absolute atomic E-state index is 5.26. The van der Waals surface area contributed by atoms with Gasteiger partial charge in [-0.2, -0.15) is 0 Å². The maximum Gasteiger partial charge on any atom is 0.128 e. The first-order valence-electron chi connectivity index (χ1n) is 12.8. The molecule has 6 heteroatoms. The van der Waals surface area contributed by atoms with E-state index in [0.717, 1.165) is 38.2 Å². The highest BCUT2D eigenvalue weighted by Crippen LogP contribution is 2.32. The quantitative estimate of drug-likeness (QED) is 0.706. The number of aromatic nitrogens is 1. The van der Waals surface area contributed by atoms with Crippen molar-refractivity contribution in [2.75, 3.05) is 78.5 Å². The van der Waals surface area contributed by atoms with Crippen molar-refractivity contribution in [2.45, 2.75) is 31.8 Å². The molecule has 1 aromatic carbocycles. The van der Waals surface area contributed by atoms with Gasteiger partial charge in [0.2, 0.25) is 0 Å². The number of piperazine rings is 2. The molecule has 0 saturated carbocycles. The van der Waals surface area contributed by atoms with Gasteiger partial charge in [0.05, 0.1) is 44.8 Å². The fourth-order valence-corrected chi connectivity index (χ4v) is 6.01. The van der Waals surface area contributed by atoms with E-state index in [4.69, 9.17) is 10.3 Å². The van der Waals surface area contributed by atoms with E-state index >= 15 is 0 Å². The Kier molecular flexibility index (Phi) is 6.76. The van der Waals surface area contributed by atoms with Crippen LogP contribution in [0.4, 0.5) is 0 Å². The lowest BCUT2D eigenvalue weighted by Gasteiger charge is -2.52. The summed E-state index contributed by atoms with van der Waals surface area (Å²) in [5.41, 5.74) is 2.02. The topological polar surface area (TPSA) is 45.5 Å². The van der Waals surface area contributed by atoms with Gasteiger partial charge in [0, 0.05) is 43.3 Å². The van der Waals surface area contributed by atoms with Crippen molar-refractivity contribution in [1.29, 1.82) is 0 Å². The summed E-state index contributed by atoms with van der Waals surface area (Å²) >= 11 is 0. The highest BCUT2D eigenvalue weighted by molar-refractivity contribution is 5.79. The molecule has 0 aliphatic carbocycles. The molecule has 3 aliphatic heterocycles. The van der Waals surface area contributed by atoms with Crippen LogP contribution in [0, 0.1) is 0 Å². The summed E-state index contributed by atoms with van der Waals surface area (Å²) in [4.78, 5) is 10.2. The van der Waals surface area contributed by atoms with Crippen LogP contribution in [0.1, 0.15) is 31.7 Å². The van der Waals surface area contributed by atoms with Crippen LogP contribution in [0.15, 0.2) is 36.5 Å². The minimum atomic E-state index is -0.286. The van der Waals surface area contributed by atoms with Gasteiger partial charge in [-0.25, -0.2) is 5.32 Å². The third-order valence-electron chi connectivity index (χ3n) is 8.31. The first-order chi connectivity index (χ1) is 15.7. The predicted octanol–water partition coefficient (Wildman–Crippen LogP) is 2.23. The molecule has 173 valence electrons. The number of pyridine rings is 1. The lowest BCUT2D eigenvalue weighted by molar-refractivity contribution is -0.930. The van der Waals surface area contributed by atoms with Gasteiger partial charge < -0.3 is 9.80 Å². The third kappa shape index (κ3) is 4.44. The molecular weight excluding hydrogens is 396 g/mol. The van der Waals surface area contributed by atoms with Crippen molar-refractivity contribution in [3.8, 4) is 0 Å². The highest BCUT2D eigenvalue weighted by atomic mass is 15.5. The van der Waals surface area contributed by atoms with E-state index in [2.05, 4.69) is 58.6 Å². The molecule has 32 heavy (non-hydrogen) atoms. The van der Waals surface area contributed by atoms with Gasteiger partial charge in [-0.05, 0) is 45.0 Å². The van der Waals surface area contributed by atoms with Crippen molar-refractivity contribution < 1.29 is 4.48 Å². The second-order valence-electron chi connectivity index (χ2n) is 10.0. The Bertz CT molecular complexity index is 879. The predicted molar refractivity (Wildman–Crippen MR) is 131 cm³/mol. The summed E-state index contributed by atoms with van der Waals surface area (Å²) in [5, 5.41) is 10.1. The van der Waals surface area contributed by atoms with Gasteiger partial charge in [0.15, 0.2) is 0 Å². The standard InChI is InChI=1S/C26H40N6/c1-2-32(17-14-30-12-6-3-7-13-30)18-15-31(16-19-32)26(22-27-10-11-29-26)24-20-23-8-4-5-9-25(23)28-21-24/h4-5,8-9,20-21,27H,2-3,6-7,10-19,22H2,1H3/q+1. The van der Waals surface area contributed by atoms with E-state index < -0.39 is 0 Å². The van der Waals surface area contributed by atoms with Crippen LogP contribution in [-0.2, 0) is 5.66 Å². The largest absolute Gasteiger partial charge is 0.321 e. The zero-order valence-corrected chi connectivity index (χ0v) is 19.8. The average Bonchev–Trinajstić information content (AvgIpc) is 2.88. The van der Waals surface area contributed by atoms with Crippen molar-refractivity contribution in [3.05, 3.63) is 42.1 Å². The molecule has 0 amide bonds. The minimum absolute atomic E-state index is 0.286. The van der Waals surface area contributed by atoms with Crippen LogP contribution < -0.4 is 10.6 Å². The fourth-order valence-electron chi connectivity index (χ4n) is 6.01. The second-order valence-corrected chi connectivity index (χ2v) is 10.0. The van der Waals surface area contributed by atoms with Crippen LogP contribution in [-0.4, -0.2) is 97.8 Å². The van der Waals surface area contributed by atoms with Crippen LogP contribution in [0.5, 0.6) is 0 Å². The number of rotatable bonds is 6. The first-order valence-corrected chi connectivity index (χ1v) is 12.8. The Labute approximate surface area is 193 Å². The maximum atomic E-state index is 5.26. The number of hydrogen-bond donors (Lipinski definition) is 1. The van der Waals surface area contributed by atoms with Crippen LogP contribution in [0.2, 0.25) is 0 Å². The molecule has 3 saturated heterocycles. The summed E-state index contributed by atoms with van der Waals surface area (Å²) in [7, 11) is 0. The number of hydrogen-bond acceptors (Lipinski definition) is 4. The number of quaternary nitrogens is 1. The van der Waals surface area contributed by atoms with Gasteiger partial charge in [0.25, 0.3) is 0 Å². The Balaban J connectivity index is 1.32. The molecule has 3 aliphatic rings. The Morgan fingerprint density at radius 2 is 1.88 bits per heavy atom. The molecular formula is C26H40N6+. The van der Waals surface area contributed by atoms with E-state index in [1.54, 1.807) is 0 Å². The summed E-state index contributed by atoms with van der Waals surface area (Å²) in [6, 6.07) is 10.8. The number of fused-ring (bicyclic) bond motifs is 1. The van der Waals surface area contributed by atoms with Gasteiger partial charge in [0.1, 0.15) is 5.66 Å². The van der Waals surface area contributed by atoms with Crippen LogP contribution in [0.3, 0.4) is 0 Å². The van der Waals surface area contributed by atoms with Crippen molar-refractivity contribution in [1.82, 2.24) is 25.4 Å². The SMILES string of the molecule is CC[N+]1(CCN2CCCCC2)CCN(C2(c3cnc4ccccc4c3)CNCC[N]2)CC1. The fraction of sp³-hybridized carbons (Fsp3) is 0.654. The summed E-state index contributed by atoms with van der Waals surface area (Å²) < 4.78 is 1.26. The van der Waals surface area contributed by atoms with Crippen LogP contribution in [0.25, 0.3) is 10.9 Å². The summed E-state index contributed by atoms with van der Waals surface area (Å²) in [5.74, 6) is 0. The Hall–Kier alpha value is -1.57. The number of nitrogens with one attached hydrogen (secondary N) is 1. The van der Waals surface area contributed by atoms with Gasteiger partial charge in [-0.3, -0.25) is 14.8 Å². The van der Waals surface area contributed by atoms with E-state index in [9.17, 15) is 0 Å². The second kappa shape index (κ2) is 9.74. The number of para-hydroxylation sites is 1. The monoisotopic (exact) mass is 436 g/mol. The smallest absolute Gasteiger partial charge is 0.128 e. The molecule has 1 radical (unpaired) electrons. The van der Waals surface area contributed by atoms with E-state index in [-0.39, 0.29) is 5.66 Å². The van der Waals surface area contributed by atoms with Gasteiger partial charge >= 0.3 is 0 Å². The molecule has 5 rings (SSSR count). The van der Waals surface area contributed by atoms with Gasteiger partial charge in [-0.1, -0.05) is 24.6 Å². The van der Waals surface area contributed by atoms with Crippen LogP contribution >= 0.6 is 0 Å². The Morgan fingerprint density at radius 1 is 1.06 bits per heavy atom. The number of likely N-dealkylation sites (tertiary alicyclic amines) is 1. The van der Waals surface area contributed by atoms with E-state index in [1.807, 2.05) is 0 Å². The Morgan fingerprint density at radius 3 is 2.62 bits per heavy atom. The molecule has 0 spiro atoms. The molecule has 1 N–H and O–H groups in total. The highest BCUT2D eigenvalue weighted by Gasteiger charge is 2.45. The van der Waals surface area contributed by atoms with Crippen molar-refractivity contribution in [3.63, 3.8) is 0 Å². The molecule has 1 atom stereocenters. The summed E-state index contributed by atoms with van der Waals surface area (Å²) in [6.45, 7) is 16.2. The third-order valence-corrected chi connectivity index (χ3v) is 8.31. The minimum Gasteiger partial charge on any atom is -0.321 e. The lowest BCUT2D eigenvalue weighted by Crippen LogP contribution is -2.69. The molecule has 0 bridgehead atoms. The van der Waals surface area contributed by atoms with Crippen molar-refractivity contribution in [2.24, 2.45) is 0 Å². The zero-order valence-electron chi connectivity index (χ0n) is 19.8. The number of nitrogens with zero attached hydrogens (tertiary/aromatic N) is 5. The molecule has 3 fully saturated rings. The van der Waals surface area contributed by atoms with Crippen molar-refractivity contribution >= 4 is 10.9 Å². The number of likely N-dealkylation sites (N-methyl/N-ethyl adjacent to an activating group) is 1. The molecule has 1 aromatic heterocycles. The molecule has 2 aromatic rings. The first kappa shape index (κ1) is 22.2. The molecule has 1 unspecified atom stereocenters. The van der Waals surface area contributed by atoms with E-state index in [0.29, 0.717) is 0 Å². The normalized spacial score (nSPS) is 27.5. The molecule has 4 heterocycles. The van der Waals surface area contributed by atoms with E-state index in [1.165, 1.54) is 80.5 Å². The molecule has 6 nitrogen and oxygen atoms in total. The average molecular weight is 437 g/mol. The van der Waals surface area contributed by atoms with Gasteiger partial charge in [-0.15, -0.1) is 0 Å². The number of benzene rings is 1.